The first-order chi connectivity index (χ1) is 15.6. The zero-order valence-corrected chi connectivity index (χ0v) is 18.0. The molecule has 1 unspecified atom stereocenters. The molecular weight excluding hydrogens is 428 g/mol. The average Bonchev–Trinajstić information content (AvgIpc) is 2.84. The van der Waals surface area contributed by atoms with E-state index in [1.54, 1.807) is 12.3 Å². The van der Waals surface area contributed by atoms with E-state index in [-0.39, 0.29) is 18.6 Å². The quantitative estimate of drug-likeness (QED) is 0.651. The van der Waals surface area contributed by atoms with E-state index in [1.165, 1.54) is 0 Å². The molecule has 7 nitrogen and oxygen atoms in total. The molecule has 2 aliphatic rings. The van der Waals surface area contributed by atoms with Crippen LogP contribution >= 0.6 is 11.6 Å². The fourth-order valence-electron chi connectivity index (χ4n) is 4.20. The summed E-state index contributed by atoms with van der Waals surface area (Å²) in [5.41, 5.74) is 1.99. The van der Waals surface area contributed by atoms with Crippen LogP contribution in [-0.2, 0) is 4.79 Å². The minimum Gasteiger partial charge on any atom is -0.485 e. The average molecular weight is 449 g/mol. The Bertz CT molecular complexity index is 1220. The largest absolute Gasteiger partial charge is 0.485 e. The number of anilines is 1. The molecule has 1 atom stereocenters. The molecule has 1 amide bonds. The summed E-state index contributed by atoms with van der Waals surface area (Å²) in [4.78, 5) is 19.2. The van der Waals surface area contributed by atoms with E-state index in [0.29, 0.717) is 35.2 Å². The third kappa shape index (κ3) is 3.90. The maximum atomic E-state index is 13.0. The molecule has 1 fully saturated rings. The zero-order chi connectivity index (χ0) is 22.1. The van der Waals surface area contributed by atoms with Crippen LogP contribution in [0.25, 0.3) is 10.9 Å². The van der Waals surface area contributed by atoms with Gasteiger partial charge in [0.25, 0.3) is 5.91 Å². The van der Waals surface area contributed by atoms with Gasteiger partial charge in [0, 0.05) is 35.7 Å². The highest BCUT2D eigenvalue weighted by molar-refractivity contribution is 6.31. The Labute approximate surface area is 190 Å². The first-order valence-corrected chi connectivity index (χ1v) is 10.9. The van der Waals surface area contributed by atoms with Crippen molar-refractivity contribution >= 4 is 34.1 Å². The molecule has 0 radical (unpaired) electrons. The number of nitrogens with one attached hydrogen (secondary N) is 1. The number of amides is 1. The lowest BCUT2D eigenvalue weighted by Gasteiger charge is -2.36. The third-order valence-corrected chi connectivity index (χ3v) is 6.12. The number of para-hydroxylation sites is 2. The molecule has 1 saturated heterocycles. The summed E-state index contributed by atoms with van der Waals surface area (Å²) in [6.45, 7) is 1.41. The molecule has 5 rings (SSSR count). The molecule has 1 N–H and O–H groups in total. The van der Waals surface area contributed by atoms with E-state index in [4.69, 9.17) is 21.1 Å². The van der Waals surface area contributed by atoms with E-state index >= 15 is 0 Å². The lowest BCUT2D eigenvalue weighted by Crippen LogP contribution is -2.50. The Morgan fingerprint density at radius 3 is 2.75 bits per heavy atom. The van der Waals surface area contributed by atoms with Gasteiger partial charge in [0.15, 0.2) is 11.5 Å². The van der Waals surface area contributed by atoms with E-state index in [9.17, 15) is 10.1 Å². The monoisotopic (exact) mass is 448 g/mol. The van der Waals surface area contributed by atoms with Gasteiger partial charge in [-0.15, -0.1) is 0 Å². The van der Waals surface area contributed by atoms with Gasteiger partial charge in [-0.05, 0) is 43.2 Å². The number of fused-ring (bicyclic) bond motifs is 2. The van der Waals surface area contributed by atoms with Crippen LogP contribution in [0.3, 0.4) is 0 Å². The number of nitrogens with zero attached hydrogens (tertiary/aromatic N) is 3. The fourth-order valence-corrected chi connectivity index (χ4v) is 4.37. The number of rotatable bonds is 3. The number of carbonyl (C=O) groups excluding carboxylic acids is 1. The van der Waals surface area contributed by atoms with Gasteiger partial charge in [-0.2, -0.15) is 5.26 Å². The van der Waals surface area contributed by atoms with Gasteiger partial charge in [-0.1, -0.05) is 23.7 Å². The van der Waals surface area contributed by atoms with Gasteiger partial charge in [-0.25, -0.2) is 0 Å². The van der Waals surface area contributed by atoms with Crippen LogP contribution in [0.1, 0.15) is 18.4 Å². The Morgan fingerprint density at radius 2 is 1.97 bits per heavy atom. The Balaban J connectivity index is 1.26. The van der Waals surface area contributed by atoms with Crippen molar-refractivity contribution in [2.75, 3.05) is 25.0 Å². The Kier molecular flexibility index (Phi) is 5.46. The van der Waals surface area contributed by atoms with E-state index in [1.807, 2.05) is 41.3 Å². The van der Waals surface area contributed by atoms with Gasteiger partial charge in [0.05, 0.1) is 16.8 Å². The zero-order valence-electron chi connectivity index (χ0n) is 17.3. The topological polar surface area (TPSA) is 87.5 Å². The Morgan fingerprint density at radius 1 is 1.19 bits per heavy atom. The summed E-state index contributed by atoms with van der Waals surface area (Å²) in [6.07, 6.45) is 2.46. The molecule has 8 heteroatoms. The minimum atomic E-state index is -0.633. The number of piperidine rings is 1. The number of nitriles is 1. The highest BCUT2D eigenvalue weighted by Crippen LogP contribution is 2.32. The highest BCUT2D eigenvalue weighted by Gasteiger charge is 2.33. The molecule has 0 bridgehead atoms. The molecule has 0 saturated carbocycles. The number of aromatic nitrogens is 1. The van der Waals surface area contributed by atoms with Crippen LogP contribution in [0.15, 0.2) is 48.7 Å². The number of likely N-dealkylation sites (tertiary alicyclic amines) is 1. The molecule has 2 aromatic carbocycles. The van der Waals surface area contributed by atoms with Crippen LogP contribution in [0.2, 0.25) is 5.02 Å². The molecule has 162 valence electrons. The van der Waals surface area contributed by atoms with Gasteiger partial charge in [-0.3, -0.25) is 9.78 Å². The van der Waals surface area contributed by atoms with Crippen molar-refractivity contribution in [3.63, 3.8) is 0 Å². The molecule has 1 aromatic heterocycles. The lowest BCUT2D eigenvalue weighted by molar-refractivity contribution is -0.142. The predicted octanol–water partition coefficient (Wildman–Crippen LogP) is 4.00. The number of benzene rings is 2. The maximum Gasteiger partial charge on any atom is 0.267 e. The van der Waals surface area contributed by atoms with Crippen LogP contribution in [-0.4, -0.2) is 47.6 Å². The number of hydrogen-bond acceptors (Lipinski definition) is 6. The summed E-state index contributed by atoms with van der Waals surface area (Å²) in [7, 11) is 0. The van der Waals surface area contributed by atoms with Gasteiger partial charge in [0.2, 0.25) is 6.10 Å². The summed E-state index contributed by atoms with van der Waals surface area (Å²) in [5.74, 6) is 1.20. The summed E-state index contributed by atoms with van der Waals surface area (Å²) in [6, 6.07) is 15.2. The first-order valence-electron chi connectivity index (χ1n) is 10.5. The van der Waals surface area contributed by atoms with Gasteiger partial charge >= 0.3 is 0 Å². The van der Waals surface area contributed by atoms with Gasteiger partial charge < -0.3 is 19.7 Å². The normalized spacial score (nSPS) is 18.2. The second kappa shape index (κ2) is 8.56. The van der Waals surface area contributed by atoms with E-state index < -0.39 is 6.10 Å². The molecule has 2 aliphatic heterocycles. The maximum absolute atomic E-state index is 13.0. The SMILES string of the molecule is N#Cc1cnc2ccc(Cl)cc2c1NC1CCN(C(=O)C2COc3ccccc3O2)CC1. The second-order valence-corrected chi connectivity index (χ2v) is 8.36. The molecule has 0 aliphatic carbocycles. The van der Waals surface area contributed by atoms with Crippen molar-refractivity contribution in [1.29, 1.82) is 5.26 Å². The van der Waals surface area contributed by atoms with Crippen LogP contribution in [0.5, 0.6) is 11.5 Å². The number of ether oxygens (including phenoxy) is 2. The summed E-state index contributed by atoms with van der Waals surface area (Å²) < 4.78 is 11.6. The number of carbonyl (C=O) groups is 1. The van der Waals surface area contributed by atoms with Crippen LogP contribution in [0, 0.1) is 11.3 Å². The lowest BCUT2D eigenvalue weighted by atomic mass is 10.0. The van der Waals surface area contributed by atoms with Crippen molar-refractivity contribution in [3.05, 3.63) is 59.2 Å². The number of halogens is 1. The van der Waals surface area contributed by atoms with E-state index in [0.717, 1.165) is 29.4 Å². The van der Waals surface area contributed by atoms with Crippen LogP contribution < -0.4 is 14.8 Å². The van der Waals surface area contributed by atoms with Crippen LogP contribution in [0.4, 0.5) is 5.69 Å². The van der Waals surface area contributed by atoms with E-state index in [2.05, 4.69) is 16.4 Å². The molecule has 32 heavy (non-hydrogen) atoms. The standard InChI is InChI=1S/C24H21ClN4O3/c25-16-5-6-19-18(11-16)23(15(12-26)13-27-19)28-17-7-9-29(10-8-17)24(30)22-14-31-20-3-1-2-4-21(20)32-22/h1-6,11,13,17,22H,7-10,14H2,(H,27,28). The van der Waals surface area contributed by atoms with Crippen molar-refractivity contribution in [2.45, 2.75) is 25.0 Å². The highest BCUT2D eigenvalue weighted by atomic mass is 35.5. The number of hydrogen-bond donors (Lipinski definition) is 1. The Hall–Kier alpha value is -3.50. The van der Waals surface area contributed by atoms with Gasteiger partial charge in [0.1, 0.15) is 12.7 Å². The molecule has 0 spiro atoms. The summed E-state index contributed by atoms with van der Waals surface area (Å²) in [5, 5.41) is 14.5. The molecular formula is C24H21ClN4O3. The number of pyridine rings is 1. The van der Waals surface area contributed by atoms with Crippen molar-refractivity contribution in [2.24, 2.45) is 0 Å². The molecule has 3 heterocycles. The minimum absolute atomic E-state index is 0.0585. The third-order valence-electron chi connectivity index (χ3n) is 5.89. The smallest absolute Gasteiger partial charge is 0.267 e. The predicted molar refractivity (Wildman–Crippen MR) is 121 cm³/mol. The van der Waals surface area contributed by atoms with Crippen molar-refractivity contribution in [1.82, 2.24) is 9.88 Å². The van der Waals surface area contributed by atoms with Crippen molar-refractivity contribution in [3.8, 4) is 17.6 Å². The summed E-state index contributed by atoms with van der Waals surface area (Å²) >= 11 is 6.18. The van der Waals surface area contributed by atoms with Crippen molar-refractivity contribution < 1.29 is 14.3 Å². The molecule has 3 aromatic rings. The fraction of sp³-hybridized carbons (Fsp3) is 0.292. The second-order valence-electron chi connectivity index (χ2n) is 7.93. The first kappa shape index (κ1) is 20.4.